The van der Waals surface area contributed by atoms with Crippen molar-refractivity contribution in [2.24, 2.45) is 0 Å². The fraction of sp³-hybridized carbons (Fsp3) is 0.500. The van der Waals surface area contributed by atoms with Crippen molar-refractivity contribution >= 4 is 0 Å². The summed E-state index contributed by atoms with van der Waals surface area (Å²) >= 11 is 0. The summed E-state index contributed by atoms with van der Waals surface area (Å²) in [5, 5.41) is 3.63. The summed E-state index contributed by atoms with van der Waals surface area (Å²) in [6.07, 6.45) is 7.16. The van der Waals surface area contributed by atoms with Crippen LogP contribution in [0.4, 0.5) is 0 Å². The van der Waals surface area contributed by atoms with Gasteiger partial charge in [0, 0.05) is 31.4 Å². The van der Waals surface area contributed by atoms with Crippen molar-refractivity contribution in [1.29, 1.82) is 0 Å². The van der Waals surface area contributed by atoms with Gasteiger partial charge in [-0.15, -0.1) is 0 Å². The van der Waals surface area contributed by atoms with Gasteiger partial charge in [0.15, 0.2) is 0 Å². The molecule has 0 aliphatic rings. The van der Waals surface area contributed by atoms with Crippen LogP contribution in [-0.2, 0) is 19.4 Å². The van der Waals surface area contributed by atoms with Crippen molar-refractivity contribution < 1.29 is 0 Å². The first-order valence-electron chi connectivity index (χ1n) is 8.11. The van der Waals surface area contributed by atoms with Gasteiger partial charge in [-0.05, 0) is 30.5 Å². The summed E-state index contributed by atoms with van der Waals surface area (Å²) in [5.41, 5.74) is 2.84. The predicted molar refractivity (Wildman–Crippen MR) is 88.5 cm³/mol. The summed E-state index contributed by atoms with van der Waals surface area (Å²) in [4.78, 5) is 4.56. The van der Waals surface area contributed by atoms with Crippen molar-refractivity contribution in [3.63, 3.8) is 0 Å². The Morgan fingerprint density at radius 3 is 2.71 bits per heavy atom. The van der Waals surface area contributed by atoms with Gasteiger partial charge < -0.3 is 9.88 Å². The molecule has 0 aliphatic carbocycles. The second-order valence-electron chi connectivity index (χ2n) is 5.40. The van der Waals surface area contributed by atoms with Crippen LogP contribution >= 0.6 is 0 Å². The molecule has 0 amide bonds. The molecule has 2 aromatic rings. The molecule has 0 bridgehead atoms. The van der Waals surface area contributed by atoms with Gasteiger partial charge >= 0.3 is 0 Å². The molecule has 2 rings (SSSR count). The number of nitrogens with zero attached hydrogens (tertiary/aromatic N) is 2. The fourth-order valence-electron chi connectivity index (χ4n) is 2.89. The second-order valence-corrected chi connectivity index (χ2v) is 5.40. The third-order valence-electron chi connectivity index (χ3n) is 3.91. The number of rotatable bonds is 8. The van der Waals surface area contributed by atoms with Gasteiger partial charge in [0.05, 0.1) is 0 Å². The predicted octanol–water partition coefficient (Wildman–Crippen LogP) is 3.75. The first-order chi connectivity index (χ1) is 10.3. The van der Waals surface area contributed by atoms with Crippen LogP contribution in [0.5, 0.6) is 0 Å². The Balaban J connectivity index is 2.24. The van der Waals surface area contributed by atoms with E-state index in [0.717, 1.165) is 32.4 Å². The van der Waals surface area contributed by atoms with Crippen molar-refractivity contribution in [2.45, 2.75) is 52.6 Å². The average Bonchev–Trinajstić information content (AvgIpc) is 2.94. The first kappa shape index (κ1) is 15.8. The van der Waals surface area contributed by atoms with E-state index in [2.05, 4.69) is 66.1 Å². The van der Waals surface area contributed by atoms with E-state index in [1.807, 2.05) is 6.20 Å². The molecule has 1 aromatic heterocycles. The van der Waals surface area contributed by atoms with Gasteiger partial charge in [-0.3, -0.25) is 0 Å². The lowest BCUT2D eigenvalue weighted by molar-refractivity contribution is 0.513. The number of hydrogen-bond donors (Lipinski definition) is 1. The SMILES string of the molecule is CCCn1ccnc1CC(NCC)c1ccccc1CC. The van der Waals surface area contributed by atoms with Crippen LogP contribution in [-0.4, -0.2) is 16.1 Å². The van der Waals surface area contributed by atoms with E-state index in [1.165, 1.54) is 17.0 Å². The Morgan fingerprint density at radius 1 is 1.19 bits per heavy atom. The highest BCUT2D eigenvalue weighted by molar-refractivity contribution is 5.30. The monoisotopic (exact) mass is 285 g/mol. The quantitative estimate of drug-likeness (QED) is 0.800. The molecule has 1 aromatic carbocycles. The third kappa shape index (κ3) is 3.94. The minimum atomic E-state index is 0.337. The molecule has 114 valence electrons. The van der Waals surface area contributed by atoms with E-state index in [-0.39, 0.29) is 0 Å². The number of benzene rings is 1. The highest BCUT2D eigenvalue weighted by atomic mass is 15.1. The second kappa shape index (κ2) is 7.99. The minimum absolute atomic E-state index is 0.337. The lowest BCUT2D eigenvalue weighted by Crippen LogP contribution is -2.25. The zero-order valence-electron chi connectivity index (χ0n) is 13.5. The van der Waals surface area contributed by atoms with Crippen molar-refractivity contribution in [1.82, 2.24) is 14.9 Å². The number of aryl methyl sites for hydroxylation is 2. The molecule has 1 atom stereocenters. The Morgan fingerprint density at radius 2 is 2.00 bits per heavy atom. The van der Waals surface area contributed by atoms with Crippen LogP contribution in [0, 0.1) is 0 Å². The zero-order valence-corrected chi connectivity index (χ0v) is 13.5. The van der Waals surface area contributed by atoms with E-state index in [1.54, 1.807) is 0 Å². The van der Waals surface area contributed by atoms with Gasteiger partial charge in [-0.2, -0.15) is 0 Å². The molecule has 3 nitrogen and oxygen atoms in total. The lowest BCUT2D eigenvalue weighted by Gasteiger charge is -2.21. The number of imidazole rings is 1. The maximum atomic E-state index is 4.56. The van der Waals surface area contributed by atoms with Gasteiger partial charge in [0.25, 0.3) is 0 Å². The van der Waals surface area contributed by atoms with Crippen molar-refractivity contribution in [2.75, 3.05) is 6.54 Å². The Kier molecular flexibility index (Phi) is 6.00. The summed E-state index contributed by atoms with van der Waals surface area (Å²) in [5.74, 6) is 1.17. The molecule has 0 aliphatic heterocycles. The summed E-state index contributed by atoms with van der Waals surface area (Å²) < 4.78 is 2.28. The number of aromatic nitrogens is 2. The first-order valence-corrected chi connectivity index (χ1v) is 8.11. The van der Waals surface area contributed by atoms with E-state index in [0.29, 0.717) is 6.04 Å². The molecule has 1 heterocycles. The maximum Gasteiger partial charge on any atom is 0.110 e. The zero-order chi connectivity index (χ0) is 15.1. The highest BCUT2D eigenvalue weighted by Crippen LogP contribution is 2.22. The molecule has 0 spiro atoms. The molecule has 0 saturated heterocycles. The molecular weight excluding hydrogens is 258 g/mol. The lowest BCUT2D eigenvalue weighted by atomic mass is 9.96. The molecule has 0 radical (unpaired) electrons. The maximum absolute atomic E-state index is 4.56. The molecule has 21 heavy (non-hydrogen) atoms. The number of hydrogen-bond acceptors (Lipinski definition) is 2. The van der Waals surface area contributed by atoms with E-state index < -0.39 is 0 Å². The van der Waals surface area contributed by atoms with Gasteiger partial charge in [-0.1, -0.05) is 45.0 Å². The van der Waals surface area contributed by atoms with Crippen LogP contribution in [0.25, 0.3) is 0 Å². The molecule has 0 fully saturated rings. The average molecular weight is 285 g/mol. The standard InChI is InChI=1S/C18H27N3/c1-4-12-21-13-11-20-18(21)14-17(19-6-3)16-10-8-7-9-15(16)5-2/h7-11,13,17,19H,4-6,12,14H2,1-3H3. The topological polar surface area (TPSA) is 29.9 Å². The Bertz CT molecular complexity index is 545. The molecule has 1 unspecified atom stereocenters. The van der Waals surface area contributed by atoms with Gasteiger partial charge in [0.1, 0.15) is 5.82 Å². The van der Waals surface area contributed by atoms with Crippen LogP contribution in [0.1, 0.15) is 50.2 Å². The van der Waals surface area contributed by atoms with Gasteiger partial charge in [-0.25, -0.2) is 4.98 Å². The molecule has 0 saturated carbocycles. The number of likely N-dealkylation sites (N-methyl/N-ethyl adjacent to an activating group) is 1. The largest absolute Gasteiger partial charge is 0.335 e. The van der Waals surface area contributed by atoms with Crippen LogP contribution < -0.4 is 5.32 Å². The fourth-order valence-corrected chi connectivity index (χ4v) is 2.89. The normalized spacial score (nSPS) is 12.5. The number of nitrogens with one attached hydrogen (secondary N) is 1. The van der Waals surface area contributed by atoms with Crippen LogP contribution in [0.15, 0.2) is 36.7 Å². The summed E-state index contributed by atoms with van der Waals surface area (Å²) in [6, 6.07) is 9.09. The Labute approximate surface area is 128 Å². The van der Waals surface area contributed by atoms with Crippen LogP contribution in [0.3, 0.4) is 0 Å². The molecule has 3 heteroatoms. The smallest absolute Gasteiger partial charge is 0.110 e. The van der Waals surface area contributed by atoms with E-state index in [9.17, 15) is 0 Å². The molecular formula is C18H27N3. The molecule has 1 N–H and O–H groups in total. The van der Waals surface area contributed by atoms with Crippen LogP contribution in [0.2, 0.25) is 0 Å². The van der Waals surface area contributed by atoms with E-state index >= 15 is 0 Å². The van der Waals surface area contributed by atoms with Crippen molar-refractivity contribution in [3.8, 4) is 0 Å². The summed E-state index contributed by atoms with van der Waals surface area (Å²) in [7, 11) is 0. The summed E-state index contributed by atoms with van der Waals surface area (Å²) in [6.45, 7) is 8.61. The Hall–Kier alpha value is -1.61. The highest BCUT2D eigenvalue weighted by Gasteiger charge is 2.16. The van der Waals surface area contributed by atoms with Gasteiger partial charge in [0.2, 0.25) is 0 Å². The van der Waals surface area contributed by atoms with Crippen molar-refractivity contribution in [3.05, 3.63) is 53.6 Å². The third-order valence-corrected chi connectivity index (χ3v) is 3.91. The van der Waals surface area contributed by atoms with E-state index in [4.69, 9.17) is 0 Å². The minimum Gasteiger partial charge on any atom is -0.335 e.